The van der Waals surface area contributed by atoms with Crippen molar-refractivity contribution in [2.24, 2.45) is 5.41 Å². The third-order valence-corrected chi connectivity index (χ3v) is 3.31. The van der Waals surface area contributed by atoms with E-state index in [0.29, 0.717) is 6.54 Å². The Morgan fingerprint density at radius 3 is 2.29 bits per heavy atom. The highest BCUT2D eigenvalue weighted by molar-refractivity contribution is 5.83. The number of hydrogen-bond acceptors (Lipinski definition) is 2. The number of hydrogen-bond donors (Lipinski definition) is 2. The summed E-state index contributed by atoms with van der Waals surface area (Å²) in [4.78, 5) is 24.8. The van der Waals surface area contributed by atoms with E-state index in [0.717, 1.165) is 12.0 Å². The molecule has 0 saturated heterocycles. The van der Waals surface area contributed by atoms with Crippen LogP contribution in [-0.2, 0) is 11.2 Å². The maximum absolute atomic E-state index is 12.1. The second-order valence-corrected chi connectivity index (χ2v) is 6.24. The SMILES string of the molecule is CN(CCc1ccccc1)C(=O)N[C@@H](C(=O)O)C(C)(C)C. The van der Waals surface area contributed by atoms with Gasteiger partial charge in [-0.2, -0.15) is 0 Å². The molecule has 1 aromatic rings. The van der Waals surface area contributed by atoms with Crippen LogP contribution in [-0.4, -0.2) is 41.6 Å². The van der Waals surface area contributed by atoms with Crippen LogP contribution in [0.1, 0.15) is 26.3 Å². The zero-order chi connectivity index (χ0) is 16.0. The predicted octanol–water partition coefficient (Wildman–Crippen LogP) is 2.37. The third-order valence-electron chi connectivity index (χ3n) is 3.31. The summed E-state index contributed by atoms with van der Waals surface area (Å²) in [5.74, 6) is -1.02. The van der Waals surface area contributed by atoms with Crippen molar-refractivity contribution >= 4 is 12.0 Å². The van der Waals surface area contributed by atoms with Gasteiger partial charge in [0.1, 0.15) is 6.04 Å². The first kappa shape index (κ1) is 17.0. The van der Waals surface area contributed by atoms with Gasteiger partial charge in [0.15, 0.2) is 0 Å². The fraction of sp³-hybridized carbons (Fsp3) is 0.500. The minimum Gasteiger partial charge on any atom is -0.480 e. The molecule has 0 aromatic heterocycles. The molecule has 0 bridgehead atoms. The standard InChI is InChI=1S/C16H24N2O3/c1-16(2,3)13(14(19)20)17-15(21)18(4)11-10-12-8-6-5-7-9-12/h5-9,13H,10-11H2,1-4H3,(H,17,21)(H,19,20)/t13-/m0/s1. The third kappa shape index (κ3) is 5.45. The Bertz CT molecular complexity index is 480. The van der Waals surface area contributed by atoms with Crippen LogP contribution in [0.25, 0.3) is 0 Å². The van der Waals surface area contributed by atoms with E-state index in [9.17, 15) is 14.7 Å². The lowest BCUT2D eigenvalue weighted by Crippen LogP contribution is -2.52. The van der Waals surface area contributed by atoms with Gasteiger partial charge in [0.2, 0.25) is 0 Å². The maximum atomic E-state index is 12.1. The van der Waals surface area contributed by atoms with E-state index in [1.165, 1.54) is 4.90 Å². The van der Waals surface area contributed by atoms with Crippen LogP contribution in [0.3, 0.4) is 0 Å². The number of carboxylic acid groups (broad SMARTS) is 1. The van der Waals surface area contributed by atoms with Crippen LogP contribution >= 0.6 is 0 Å². The molecule has 116 valence electrons. The lowest BCUT2D eigenvalue weighted by Gasteiger charge is -2.29. The van der Waals surface area contributed by atoms with Gasteiger partial charge in [-0.1, -0.05) is 51.1 Å². The second kappa shape index (κ2) is 7.11. The molecule has 5 nitrogen and oxygen atoms in total. The molecule has 21 heavy (non-hydrogen) atoms. The van der Waals surface area contributed by atoms with E-state index in [2.05, 4.69) is 5.32 Å². The molecule has 2 N–H and O–H groups in total. The molecular weight excluding hydrogens is 268 g/mol. The Hall–Kier alpha value is -2.04. The number of urea groups is 1. The summed E-state index contributed by atoms with van der Waals surface area (Å²) in [6, 6.07) is 8.57. The number of likely N-dealkylation sites (N-methyl/N-ethyl adjacent to an activating group) is 1. The topological polar surface area (TPSA) is 69.6 Å². The monoisotopic (exact) mass is 292 g/mol. The summed E-state index contributed by atoms with van der Waals surface area (Å²) < 4.78 is 0. The zero-order valence-corrected chi connectivity index (χ0v) is 13.1. The molecule has 0 fully saturated rings. The van der Waals surface area contributed by atoms with E-state index in [4.69, 9.17) is 0 Å². The van der Waals surface area contributed by atoms with Crippen LogP contribution in [0.2, 0.25) is 0 Å². The lowest BCUT2D eigenvalue weighted by molar-refractivity contribution is -0.142. The Morgan fingerprint density at radius 1 is 1.24 bits per heavy atom. The Morgan fingerprint density at radius 2 is 1.81 bits per heavy atom. The minimum absolute atomic E-state index is 0.367. The number of nitrogens with one attached hydrogen (secondary N) is 1. The molecule has 1 atom stereocenters. The number of nitrogens with zero attached hydrogens (tertiary/aromatic N) is 1. The molecule has 1 rings (SSSR count). The van der Waals surface area contributed by atoms with Gasteiger partial charge in [-0.25, -0.2) is 9.59 Å². The molecule has 2 amide bonds. The lowest BCUT2D eigenvalue weighted by atomic mass is 9.87. The van der Waals surface area contributed by atoms with Crippen LogP contribution in [0.5, 0.6) is 0 Å². The van der Waals surface area contributed by atoms with E-state index in [1.807, 2.05) is 30.3 Å². The molecule has 0 radical (unpaired) electrons. The molecule has 0 heterocycles. The molecule has 0 saturated carbocycles. The zero-order valence-electron chi connectivity index (χ0n) is 13.1. The van der Waals surface area contributed by atoms with Crippen molar-refractivity contribution in [1.29, 1.82) is 0 Å². The van der Waals surface area contributed by atoms with E-state index in [1.54, 1.807) is 27.8 Å². The van der Waals surface area contributed by atoms with Gasteiger partial charge in [0.25, 0.3) is 0 Å². The van der Waals surface area contributed by atoms with E-state index >= 15 is 0 Å². The molecule has 0 unspecified atom stereocenters. The van der Waals surface area contributed by atoms with Gasteiger partial charge in [0.05, 0.1) is 0 Å². The maximum Gasteiger partial charge on any atom is 0.326 e. The van der Waals surface area contributed by atoms with Crippen LogP contribution < -0.4 is 5.32 Å². The van der Waals surface area contributed by atoms with Crippen molar-refractivity contribution < 1.29 is 14.7 Å². The summed E-state index contributed by atoms with van der Waals surface area (Å²) in [6.45, 7) is 5.90. The highest BCUT2D eigenvalue weighted by atomic mass is 16.4. The van der Waals surface area contributed by atoms with Gasteiger partial charge in [-0.3, -0.25) is 0 Å². The van der Waals surface area contributed by atoms with Crippen molar-refractivity contribution in [1.82, 2.24) is 10.2 Å². The highest BCUT2D eigenvalue weighted by Gasteiger charge is 2.33. The smallest absolute Gasteiger partial charge is 0.326 e. The predicted molar refractivity (Wildman–Crippen MR) is 82.2 cm³/mol. The number of carbonyl (C=O) groups excluding carboxylic acids is 1. The summed E-state index contributed by atoms with van der Waals surface area (Å²) >= 11 is 0. The molecule has 0 aliphatic rings. The molecule has 1 aromatic carbocycles. The Kier molecular flexibility index (Phi) is 5.76. The molecule has 0 spiro atoms. The van der Waals surface area contributed by atoms with Gasteiger partial charge >= 0.3 is 12.0 Å². The first-order chi connectivity index (χ1) is 9.71. The quantitative estimate of drug-likeness (QED) is 0.875. The summed E-state index contributed by atoms with van der Waals surface area (Å²) in [5, 5.41) is 11.8. The van der Waals surface area contributed by atoms with Crippen LogP contribution in [0.4, 0.5) is 4.79 Å². The van der Waals surface area contributed by atoms with Crippen molar-refractivity contribution in [3.05, 3.63) is 35.9 Å². The average Bonchev–Trinajstić information content (AvgIpc) is 2.41. The number of benzene rings is 1. The van der Waals surface area contributed by atoms with Crippen molar-refractivity contribution in [3.8, 4) is 0 Å². The summed E-state index contributed by atoms with van der Waals surface area (Å²) in [5.41, 5.74) is 0.602. The van der Waals surface area contributed by atoms with Gasteiger partial charge in [-0.15, -0.1) is 0 Å². The minimum atomic E-state index is -1.02. The normalized spacial score (nSPS) is 12.6. The largest absolute Gasteiger partial charge is 0.480 e. The molecular formula is C16H24N2O3. The number of aliphatic carboxylic acids is 1. The van der Waals surface area contributed by atoms with E-state index in [-0.39, 0.29) is 6.03 Å². The number of carboxylic acids is 1. The molecule has 5 heteroatoms. The first-order valence-corrected chi connectivity index (χ1v) is 7.00. The first-order valence-electron chi connectivity index (χ1n) is 7.00. The van der Waals surface area contributed by atoms with Gasteiger partial charge in [0, 0.05) is 13.6 Å². The molecule has 0 aliphatic heterocycles. The van der Waals surface area contributed by atoms with Crippen molar-refractivity contribution in [2.45, 2.75) is 33.2 Å². The van der Waals surface area contributed by atoms with Crippen LogP contribution in [0.15, 0.2) is 30.3 Å². The van der Waals surface area contributed by atoms with Crippen molar-refractivity contribution in [2.75, 3.05) is 13.6 Å². The number of amides is 2. The molecule has 0 aliphatic carbocycles. The number of rotatable bonds is 5. The number of carbonyl (C=O) groups is 2. The highest BCUT2D eigenvalue weighted by Crippen LogP contribution is 2.19. The Balaban J connectivity index is 2.56. The van der Waals surface area contributed by atoms with Gasteiger partial charge < -0.3 is 15.3 Å². The van der Waals surface area contributed by atoms with Crippen LogP contribution in [0, 0.1) is 5.41 Å². The average molecular weight is 292 g/mol. The fourth-order valence-corrected chi connectivity index (χ4v) is 1.93. The van der Waals surface area contributed by atoms with Crippen molar-refractivity contribution in [3.63, 3.8) is 0 Å². The Labute approximate surface area is 126 Å². The summed E-state index contributed by atoms with van der Waals surface area (Å²) in [6.07, 6.45) is 0.734. The second-order valence-electron chi connectivity index (χ2n) is 6.24. The van der Waals surface area contributed by atoms with Gasteiger partial charge in [-0.05, 0) is 17.4 Å². The fourth-order valence-electron chi connectivity index (χ4n) is 1.93. The summed E-state index contributed by atoms with van der Waals surface area (Å²) in [7, 11) is 1.67. The van der Waals surface area contributed by atoms with E-state index < -0.39 is 17.4 Å².